The van der Waals surface area contributed by atoms with Crippen LogP contribution in [0.15, 0.2) is 24.3 Å². The number of hydrogen-bond acceptors (Lipinski definition) is 3. The number of nitriles is 1. The maximum Gasteiger partial charge on any atom is 0.216 e. The molecule has 0 amide bonds. The van der Waals surface area contributed by atoms with Gasteiger partial charge >= 0.3 is 0 Å². The van der Waals surface area contributed by atoms with Crippen molar-refractivity contribution in [3.8, 4) is 6.07 Å². The van der Waals surface area contributed by atoms with Crippen LogP contribution in [-0.2, 0) is 15.8 Å². The van der Waals surface area contributed by atoms with Crippen LogP contribution in [0.3, 0.4) is 0 Å². The lowest BCUT2D eigenvalue weighted by Gasteiger charge is -2.31. The van der Waals surface area contributed by atoms with E-state index in [-0.39, 0.29) is 11.3 Å². The minimum absolute atomic E-state index is 0.0551. The Morgan fingerprint density at radius 2 is 1.60 bits per heavy atom. The molecule has 0 spiro atoms. The van der Waals surface area contributed by atoms with Gasteiger partial charge in [0, 0.05) is 5.54 Å². The molecule has 0 radical (unpaired) electrons. The summed E-state index contributed by atoms with van der Waals surface area (Å²) in [7, 11) is -3.38. The van der Waals surface area contributed by atoms with Gasteiger partial charge in [0.15, 0.2) is 0 Å². The van der Waals surface area contributed by atoms with Gasteiger partial charge in [-0.2, -0.15) is 5.26 Å². The molecule has 0 aromatic heterocycles. The molecule has 0 saturated carbocycles. The summed E-state index contributed by atoms with van der Waals surface area (Å²) in [4.78, 5) is 0. The molecule has 4 nitrogen and oxygen atoms in total. The van der Waals surface area contributed by atoms with E-state index >= 15 is 0 Å². The Morgan fingerprint density at radius 1 is 1.10 bits per heavy atom. The number of hydrogen-bond donors (Lipinski definition) is 1. The van der Waals surface area contributed by atoms with E-state index in [2.05, 4.69) is 4.72 Å². The third kappa shape index (κ3) is 4.32. The van der Waals surface area contributed by atoms with Crippen LogP contribution >= 0.6 is 0 Å². The average molecular weight is 294 g/mol. The lowest BCUT2D eigenvalue weighted by Crippen LogP contribution is -2.47. The topological polar surface area (TPSA) is 70.0 Å². The molecule has 1 rings (SSSR count). The van der Waals surface area contributed by atoms with E-state index in [4.69, 9.17) is 5.26 Å². The molecule has 5 heteroatoms. The fourth-order valence-electron chi connectivity index (χ4n) is 2.23. The Morgan fingerprint density at radius 3 is 2.00 bits per heavy atom. The first-order valence-corrected chi connectivity index (χ1v) is 8.56. The van der Waals surface area contributed by atoms with E-state index in [1.807, 2.05) is 26.8 Å². The number of sulfonamides is 1. The van der Waals surface area contributed by atoms with Crippen molar-refractivity contribution < 1.29 is 8.42 Å². The zero-order valence-electron chi connectivity index (χ0n) is 12.3. The highest BCUT2D eigenvalue weighted by molar-refractivity contribution is 7.88. The van der Waals surface area contributed by atoms with Crippen LogP contribution in [0.25, 0.3) is 0 Å². The molecule has 0 fully saturated rings. The minimum Gasteiger partial charge on any atom is -0.212 e. The Balaban J connectivity index is 2.86. The van der Waals surface area contributed by atoms with Gasteiger partial charge in [0.05, 0.1) is 17.4 Å². The molecule has 1 aromatic rings. The summed E-state index contributed by atoms with van der Waals surface area (Å²) >= 11 is 0. The zero-order valence-corrected chi connectivity index (χ0v) is 13.1. The van der Waals surface area contributed by atoms with Crippen molar-refractivity contribution in [2.75, 3.05) is 0 Å². The molecule has 20 heavy (non-hydrogen) atoms. The summed E-state index contributed by atoms with van der Waals surface area (Å²) in [5, 5.41) is 8.73. The molecule has 0 aliphatic carbocycles. The van der Waals surface area contributed by atoms with E-state index in [1.165, 1.54) is 0 Å². The van der Waals surface area contributed by atoms with Crippen molar-refractivity contribution in [2.45, 2.75) is 51.3 Å². The van der Waals surface area contributed by atoms with Crippen molar-refractivity contribution in [3.05, 3.63) is 35.4 Å². The van der Waals surface area contributed by atoms with E-state index in [1.54, 1.807) is 24.3 Å². The van der Waals surface area contributed by atoms with Gasteiger partial charge in [0.25, 0.3) is 0 Å². The van der Waals surface area contributed by atoms with Crippen molar-refractivity contribution in [2.24, 2.45) is 0 Å². The molecule has 0 unspecified atom stereocenters. The lowest BCUT2D eigenvalue weighted by molar-refractivity contribution is 0.341. The Bertz CT molecular complexity index is 559. The van der Waals surface area contributed by atoms with Crippen LogP contribution in [0, 0.1) is 11.3 Å². The van der Waals surface area contributed by atoms with Gasteiger partial charge in [-0.3, -0.25) is 0 Å². The first-order valence-electron chi connectivity index (χ1n) is 6.91. The minimum atomic E-state index is -3.38. The van der Waals surface area contributed by atoms with E-state index in [0.717, 1.165) is 19.3 Å². The highest BCUT2D eigenvalue weighted by Crippen LogP contribution is 2.21. The van der Waals surface area contributed by atoms with Gasteiger partial charge in [-0.15, -0.1) is 0 Å². The second-order valence-corrected chi connectivity index (χ2v) is 6.73. The summed E-state index contributed by atoms with van der Waals surface area (Å²) in [6.07, 6.45) is 2.31. The van der Waals surface area contributed by atoms with E-state index < -0.39 is 10.0 Å². The van der Waals surface area contributed by atoms with Crippen LogP contribution in [0.5, 0.6) is 0 Å². The van der Waals surface area contributed by atoms with Crippen LogP contribution < -0.4 is 4.72 Å². The van der Waals surface area contributed by atoms with Crippen molar-refractivity contribution in [3.63, 3.8) is 0 Å². The van der Waals surface area contributed by atoms with Gasteiger partial charge in [0.2, 0.25) is 10.0 Å². The SMILES string of the molecule is CCC(CC)(CC)NS(=O)(=O)Cc1ccc(C#N)cc1. The molecule has 0 saturated heterocycles. The number of nitrogens with one attached hydrogen (secondary N) is 1. The number of nitrogens with zero attached hydrogens (tertiary/aromatic N) is 1. The van der Waals surface area contributed by atoms with Crippen molar-refractivity contribution in [1.82, 2.24) is 4.72 Å². The molecule has 0 heterocycles. The standard InChI is InChI=1S/C15H22N2O2S/c1-4-15(5-2,6-3)17-20(18,19)12-14-9-7-13(11-16)8-10-14/h7-10,17H,4-6,12H2,1-3H3. The van der Waals surface area contributed by atoms with Gasteiger partial charge in [-0.25, -0.2) is 13.1 Å². The molecular formula is C15H22N2O2S. The zero-order chi connectivity index (χ0) is 15.2. The van der Waals surface area contributed by atoms with Crippen LogP contribution in [0.1, 0.15) is 51.2 Å². The van der Waals surface area contributed by atoms with Gasteiger partial charge in [-0.1, -0.05) is 32.9 Å². The smallest absolute Gasteiger partial charge is 0.212 e. The summed E-state index contributed by atoms with van der Waals surface area (Å²) in [5.41, 5.74) is 0.864. The first kappa shape index (κ1) is 16.7. The predicted molar refractivity (Wildman–Crippen MR) is 80.5 cm³/mol. The molecule has 0 aliphatic rings. The third-order valence-electron chi connectivity index (χ3n) is 3.84. The maximum atomic E-state index is 12.3. The molecule has 1 N–H and O–H groups in total. The monoisotopic (exact) mass is 294 g/mol. The highest BCUT2D eigenvalue weighted by atomic mass is 32.2. The van der Waals surface area contributed by atoms with Gasteiger partial charge < -0.3 is 0 Å². The highest BCUT2D eigenvalue weighted by Gasteiger charge is 2.29. The van der Waals surface area contributed by atoms with Gasteiger partial charge in [-0.05, 0) is 37.0 Å². The second kappa shape index (κ2) is 6.87. The van der Waals surface area contributed by atoms with Crippen LogP contribution in [-0.4, -0.2) is 14.0 Å². The van der Waals surface area contributed by atoms with E-state index in [0.29, 0.717) is 11.1 Å². The predicted octanol–water partition coefficient (Wildman–Crippen LogP) is 2.95. The maximum absolute atomic E-state index is 12.3. The van der Waals surface area contributed by atoms with Crippen molar-refractivity contribution in [1.29, 1.82) is 5.26 Å². The molecule has 0 atom stereocenters. The summed E-state index contributed by atoms with van der Waals surface area (Å²) in [6, 6.07) is 8.66. The molecular weight excluding hydrogens is 272 g/mol. The summed E-state index contributed by atoms with van der Waals surface area (Å²) < 4.78 is 27.4. The average Bonchev–Trinajstić information content (AvgIpc) is 2.45. The lowest BCUT2D eigenvalue weighted by atomic mass is 9.91. The summed E-state index contributed by atoms with van der Waals surface area (Å²) in [6.45, 7) is 5.99. The molecule has 0 bridgehead atoms. The molecule has 110 valence electrons. The third-order valence-corrected chi connectivity index (χ3v) is 5.30. The fraction of sp³-hybridized carbons (Fsp3) is 0.533. The normalized spacial score (nSPS) is 12.1. The Labute approximate surface area is 121 Å². The number of benzene rings is 1. The largest absolute Gasteiger partial charge is 0.216 e. The van der Waals surface area contributed by atoms with Crippen LogP contribution in [0.2, 0.25) is 0 Å². The molecule has 1 aromatic carbocycles. The summed E-state index contributed by atoms with van der Waals surface area (Å²) in [5.74, 6) is -0.0551. The molecule has 0 aliphatic heterocycles. The Hall–Kier alpha value is -1.38. The fourth-order valence-corrected chi connectivity index (χ4v) is 4.02. The Kier molecular flexibility index (Phi) is 5.73. The van der Waals surface area contributed by atoms with Gasteiger partial charge in [0.1, 0.15) is 0 Å². The quantitative estimate of drug-likeness (QED) is 0.840. The van der Waals surface area contributed by atoms with Crippen molar-refractivity contribution >= 4 is 10.0 Å². The second-order valence-electron chi connectivity index (χ2n) is 5.01. The van der Waals surface area contributed by atoms with E-state index in [9.17, 15) is 8.42 Å². The van der Waals surface area contributed by atoms with Crippen LogP contribution in [0.4, 0.5) is 0 Å². The first-order chi connectivity index (χ1) is 9.40. The number of rotatable bonds is 7.